The van der Waals surface area contributed by atoms with Gasteiger partial charge in [0.05, 0.1) is 29.8 Å². The highest BCUT2D eigenvalue weighted by Gasteiger charge is 2.34. The topological polar surface area (TPSA) is 98.1 Å². The van der Waals surface area contributed by atoms with Gasteiger partial charge in [-0.2, -0.15) is 0 Å². The lowest BCUT2D eigenvalue weighted by Crippen LogP contribution is -2.30. The van der Waals surface area contributed by atoms with E-state index in [0.29, 0.717) is 21.4 Å². The zero-order valence-corrected chi connectivity index (χ0v) is 18.5. The zero-order chi connectivity index (χ0) is 22.7. The standard InChI is InChI=1S/C21H20Cl2N2O6/c1-4-11(2)30-18-14(22)7-12(8-15(18)23)9-16-19(26)25(21(28)24-16)10-13-5-6-17(31-13)20(27)29-3/h5-9,11H,4,10H2,1-3H3,(H,24,28). The molecule has 1 fully saturated rings. The van der Waals surface area contributed by atoms with Crippen LogP contribution in [0.3, 0.4) is 0 Å². The number of methoxy groups -OCH3 is 1. The van der Waals surface area contributed by atoms with Crippen molar-refractivity contribution in [2.75, 3.05) is 7.11 Å². The van der Waals surface area contributed by atoms with E-state index in [2.05, 4.69) is 10.1 Å². The Kier molecular flexibility index (Phi) is 6.92. The van der Waals surface area contributed by atoms with E-state index in [9.17, 15) is 14.4 Å². The monoisotopic (exact) mass is 466 g/mol. The van der Waals surface area contributed by atoms with Crippen molar-refractivity contribution < 1.29 is 28.3 Å². The van der Waals surface area contributed by atoms with Gasteiger partial charge in [-0.25, -0.2) is 9.59 Å². The predicted octanol–water partition coefficient (Wildman–Crippen LogP) is 4.64. The molecule has 8 nitrogen and oxygen atoms in total. The normalized spacial score (nSPS) is 15.9. The molecule has 1 N–H and O–H groups in total. The molecule has 1 unspecified atom stereocenters. The van der Waals surface area contributed by atoms with E-state index in [-0.39, 0.29) is 29.9 Å². The third-order valence-electron chi connectivity index (χ3n) is 4.55. The molecule has 1 saturated heterocycles. The number of benzene rings is 1. The SMILES string of the molecule is CCC(C)Oc1c(Cl)cc(C=C2NC(=O)N(Cc3ccc(C(=O)OC)o3)C2=O)cc1Cl. The molecule has 0 spiro atoms. The summed E-state index contributed by atoms with van der Waals surface area (Å²) in [6.45, 7) is 3.73. The zero-order valence-electron chi connectivity index (χ0n) is 17.0. The molecule has 10 heteroatoms. The Labute approximate surface area is 188 Å². The highest BCUT2D eigenvalue weighted by atomic mass is 35.5. The Morgan fingerprint density at radius 1 is 1.26 bits per heavy atom. The largest absolute Gasteiger partial charge is 0.488 e. The van der Waals surface area contributed by atoms with Crippen LogP contribution in [0.25, 0.3) is 6.08 Å². The second kappa shape index (κ2) is 9.45. The van der Waals surface area contributed by atoms with Gasteiger partial charge in [-0.3, -0.25) is 9.69 Å². The molecule has 0 radical (unpaired) electrons. The van der Waals surface area contributed by atoms with E-state index >= 15 is 0 Å². The lowest BCUT2D eigenvalue weighted by molar-refractivity contribution is -0.123. The first kappa shape index (κ1) is 22.7. The molecule has 2 heterocycles. The fourth-order valence-electron chi connectivity index (χ4n) is 2.77. The quantitative estimate of drug-likeness (QED) is 0.362. The van der Waals surface area contributed by atoms with Crippen LogP contribution in [0, 0.1) is 0 Å². The molecule has 0 bridgehead atoms. The number of imide groups is 1. The maximum atomic E-state index is 12.7. The van der Waals surface area contributed by atoms with Crippen LogP contribution < -0.4 is 10.1 Å². The summed E-state index contributed by atoms with van der Waals surface area (Å²) in [5.41, 5.74) is 0.565. The van der Waals surface area contributed by atoms with Crippen LogP contribution in [-0.2, 0) is 16.1 Å². The summed E-state index contributed by atoms with van der Waals surface area (Å²) in [6.07, 6.45) is 2.18. The van der Waals surface area contributed by atoms with E-state index in [1.54, 1.807) is 12.1 Å². The van der Waals surface area contributed by atoms with E-state index < -0.39 is 17.9 Å². The molecule has 3 amide bonds. The van der Waals surface area contributed by atoms with Crippen molar-refractivity contribution in [2.24, 2.45) is 0 Å². The number of furan rings is 1. The molecular weight excluding hydrogens is 447 g/mol. The van der Waals surface area contributed by atoms with Crippen molar-refractivity contribution in [2.45, 2.75) is 32.9 Å². The van der Waals surface area contributed by atoms with Crippen LogP contribution in [-0.4, -0.2) is 36.0 Å². The van der Waals surface area contributed by atoms with Crippen LogP contribution in [0.4, 0.5) is 4.79 Å². The van der Waals surface area contributed by atoms with Crippen LogP contribution >= 0.6 is 23.2 Å². The van der Waals surface area contributed by atoms with Crippen LogP contribution in [0.5, 0.6) is 5.75 Å². The van der Waals surface area contributed by atoms with Crippen molar-refractivity contribution in [1.82, 2.24) is 10.2 Å². The predicted molar refractivity (Wildman–Crippen MR) is 114 cm³/mol. The molecule has 1 aromatic heterocycles. The maximum absolute atomic E-state index is 12.7. The Morgan fingerprint density at radius 3 is 2.55 bits per heavy atom. The van der Waals surface area contributed by atoms with Crippen LogP contribution in [0.1, 0.15) is 42.1 Å². The molecule has 1 aromatic carbocycles. The highest BCUT2D eigenvalue weighted by molar-refractivity contribution is 6.37. The molecule has 0 aliphatic carbocycles. The lowest BCUT2D eigenvalue weighted by atomic mass is 10.1. The van der Waals surface area contributed by atoms with Gasteiger partial charge in [0.1, 0.15) is 11.5 Å². The summed E-state index contributed by atoms with van der Waals surface area (Å²) in [5, 5.41) is 3.09. The van der Waals surface area contributed by atoms with E-state index in [0.717, 1.165) is 11.3 Å². The Bertz CT molecular complexity index is 1040. The van der Waals surface area contributed by atoms with Gasteiger partial charge in [0.2, 0.25) is 5.76 Å². The number of urea groups is 1. The van der Waals surface area contributed by atoms with Crippen LogP contribution in [0.15, 0.2) is 34.4 Å². The lowest BCUT2D eigenvalue weighted by Gasteiger charge is -2.15. The van der Waals surface area contributed by atoms with Crippen molar-refractivity contribution in [3.8, 4) is 5.75 Å². The Morgan fingerprint density at radius 2 is 1.94 bits per heavy atom. The third kappa shape index (κ3) is 5.03. The first-order valence-electron chi connectivity index (χ1n) is 9.40. The van der Waals surface area contributed by atoms with Crippen LogP contribution in [0.2, 0.25) is 10.0 Å². The average Bonchev–Trinajstić information content (AvgIpc) is 3.30. The Balaban J connectivity index is 1.78. The van der Waals surface area contributed by atoms with Gasteiger partial charge in [-0.1, -0.05) is 30.1 Å². The number of amides is 3. The minimum absolute atomic E-state index is 0.0238. The van der Waals surface area contributed by atoms with Gasteiger partial charge in [-0.05, 0) is 49.2 Å². The Hall–Kier alpha value is -2.97. The number of nitrogens with zero attached hydrogens (tertiary/aromatic N) is 1. The maximum Gasteiger partial charge on any atom is 0.373 e. The van der Waals surface area contributed by atoms with Gasteiger partial charge in [0, 0.05) is 0 Å². The third-order valence-corrected chi connectivity index (χ3v) is 5.11. The summed E-state index contributed by atoms with van der Waals surface area (Å²) < 4.78 is 15.6. The fourth-order valence-corrected chi connectivity index (χ4v) is 3.36. The minimum Gasteiger partial charge on any atom is -0.488 e. The molecule has 164 valence electrons. The summed E-state index contributed by atoms with van der Waals surface area (Å²) in [5.74, 6) is -0.624. The molecule has 1 aliphatic heterocycles. The summed E-state index contributed by atoms with van der Waals surface area (Å²) >= 11 is 12.6. The van der Waals surface area contributed by atoms with E-state index in [1.165, 1.54) is 25.3 Å². The second-order valence-corrected chi connectivity index (χ2v) is 7.60. The van der Waals surface area contributed by atoms with Crippen molar-refractivity contribution in [3.05, 3.63) is 57.1 Å². The molecular formula is C21H20Cl2N2O6. The number of hydrogen-bond acceptors (Lipinski definition) is 6. The molecule has 0 saturated carbocycles. The smallest absolute Gasteiger partial charge is 0.373 e. The number of rotatable bonds is 7. The van der Waals surface area contributed by atoms with Crippen molar-refractivity contribution >= 4 is 47.2 Å². The number of carbonyl (C=O) groups excluding carboxylic acids is 3. The second-order valence-electron chi connectivity index (χ2n) is 6.79. The number of nitrogens with one attached hydrogen (secondary N) is 1. The van der Waals surface area contributed by atoms with Gasteiger partial charge in [0.25, 0.3) is 5.91 Å². The molecule has 3 rings (SSSR count). The number of ether oxygens (including phenoxy) is 2. The minimum atomic E-state index is -0.654. The molecule has 2 aromatic rings. The highest BCUT2D eigenvalue weighted by Crippen LogP contribution is 2.36. The van der Waals surface area contributed by atoms with Gasteiger partial charge >= 0.3 is 12.0 Å². The molecule has 1 atom stereocenters. The molecule has 1 aliphatic rings. The summed E-state index contributed by atoms with van der Waals surface area (Å²) in [7, 11) is 1.22. The summed E-state index contributed by atoms with van der Waals surface area (Å²) in [4.78, 5) is 37.4. The van der Waals surface area contributed by atoms with Crippen molar-refractivity contribution in [3.63, 3.8) is 0 Å². The van der Waals surface area contributed by atoms with E-state index in [4.69, 9.17) is 32.4 Å². The fraction of sp³-hybridized carbons (Fsp3) is 0.286. The van der Waals surface area contributed by atoms with Gasteiger partial charge < -0.3 is 19.2 Å². The van der Waals surface area contributed by atoms with Crippen molar-refractivity contribution in [1.29, 1.82) is 0 Å². The molecule has 31 heavy (non-hydrogen) atoms. The number of hydrogen-bond donors (Lipinski definition) is 1. The summed E-state index contributed by atoms with van der Waals surface area (Å²) in [6, 6.07) is 5.46. The van der Waals surface area contributed by atoms with Gasteiger partial charge in [-0.15, -0.1) is 0 Å². The average molecular weight is 467 g/mol. The van der Waals surface area contributed by atoms with E-state index in [1.807, 2.05) is 13.8 Å². The number of carbonyl (C=O) groups is 3. The number of esters is 1. The van der Waals surface area contributed by atoms with Gasteiger partial charge in [0.15, 0.2) is 5.75 Å². The first-order chi connectivity index (χ1) is 14.7. The number of halogens is 2. The first-order valence-corrected chi connectivity index (χ1v) is 10.2.